The Labute approximate surface area is 114 Å². The highest BCUT2D eigenvalue weighted by Gasteiger charge is 2.24. The number of rotatable bonds is 2. The molecule has 0 heterocycles. The van der Waals surface area contributed by atoms with Gasteiger partial charge in [-0.05, 0) is 48.8 Å². The second kappa shape index (κ2) is 5.27. The summed E-state index contributed by atoms with van der Waals surface area (Å²) < 4.78 is 11.1. The van der Waals surface area contributed by atoms with Gasteiger partial charge in [0.25, 0.3) is 0 Å². The maximum absolute atomic E-state index is 12.0. The zero-order chi connectivity index (χ0) is 13.2. The first kappa shape index (κ1) is 14.3. The predicted octanol–water partition coefficient (Wildman–Crippen LogP) is 4.07. The van der Waals surface area contributed by atoms with Gasteiger partial charge < -0.3 is 9.47 Å². The summed E-state index contributed by atoms with van der Waals surface area (Å²) in [7, 11) is 1.48. The van der Waals surface area contributed by atoms with Gasteiger partial charge in [0.05, 0.1) is 16.6 Å². The minimum atomic E-state index is -0.576. The second-order valence-corrected chi connectivity index (χ2v) is 5.70. The first-order valence-electron chi connectivity index (χ1n) is 5.01. The molecule has 0 amide bonds. The van der Waals surface area contributed by atoms with Gasteiger partial charge in [-0.15, -0.1) is 0 Å². The lowest BCUT2D eigenvalue weighted by molar-refractivity contribution is 0.00666. The van der Waals surface area contributed by atoms with E-state index in [1.807, 2.05) is 0 Å². The number of hydrogen-bond donors (Lipinski definition) is 0. The van der Waals surface area contributed by atoms with Gasteiger partial charge in [-0.2, -0.15) is 0 Å². The summed E-state index contributed by atoms with van der Waals surface area (Å²) in [5, 5.41) is 0.305. The highest BCUT2D eigenvalue weighted by molar-refractivity contribution is 9.10. The number of carbonyl (C=O) groups excluding carboxylic acids is 1. The minimum absolute atomic E-state index is 0.235. The molecule has 0 saturated heterocycles. The third kappa shape index (κ3) is 3.61. The number of ether oxygens (including phenoxy) is 2. The van der Waals surface area contributed by atoms with Crippen molar-refractivity contribution in [3.05, 3.63) is 27.2 Å². The number of hydrogen-bond acceptors (Lipinski definition) is 3. The van der Waals surface area contributed by atoms with E-state index in [0.29, 0.717) is 15.2 Å². The van der Waals surface area contributed by atoms with Crippen molar-refractivity contribution in [2.75, 3.05) is 7.11 Å². The van der Waals surface area contributed by atoms with E-state index in [-0.39, 0.29) is 5.56 Å². The number of halogens is 2. The average Bonchev–Trinajstić information content (AvgIpc) is 2.18. The monoisotopic (exact) mass is 320 g/mol. The normalized spacial score (nSPS) is 11.2. The SMILES string of the molecule is COc1c(Br)ccc(Cl)c1C(=O)OC(C)(C)C. The minimum Gasteiger partial charge on any atom is -0.495 e. The molecule has 0 aromatic heterocycles. The largest absolute Gasteiger partial charge is 0.495 e. The molecule has 0 radical (unpaired) electrons. The van der Waals surface area contributed by atoms with Crippen LogP contribution >= 0.6 is 27.5 Å². The molecule has 0 N–H and O–H groups in total. The van der Waals surface area contributed by atoms with Crippen LogP contribution in [0.2, 0.25) is 5.02 Å². The van der Waals surface area contributed by atoms with Gasteiger partial charge in [0, 0.05) is 0 Å². The lowest BCUT2D eigenvalue weighted by Gasteiger charge is -2.21. The molecule has 5 heteroatoms. The van der Waals surface area contributed by atoms with E-state index < -0.39 is 11.6 Å². The standard InChI is InChI=1S/C12H14BrClO3/c1-12(2,3)17-11(15)9-8(14)6-5-7(13)10(9)16-4/h5-6H,1-4H3. The van der Waals surface area contributed by atoms with Crippen LogP contribution in [0.25, 0.3) is 0 Å². The third-order valence-corrected chi connectivity index (χ3v) is 2.81. The van der Waals surface area contributed by atoms with E-state index in [1.165, 1.54) is 7.11 Å². The summed E-state index contributed by atoms with van der Waals surface area (Å²) in [6.07, 6.45) is 0. The predicted molar refractivity (Wildman–Crippen MR) is 70.9 cm³/mol. The van der Waals surface area contributed by atoms with Crippen LogP contribution in [0.1, 0.15) is 31.1 Å². The molecular weight excluding hydrogens is 307 g/mol. The molecule has 0 aliphatic carbocycles. The molecule has 0 aliphatic heterocycles. The molecule has 0 atom stereocenters. The van der Waals surface area contributed by atoms with Gasteiger partial charge >= 0.3 is 5.97 Å². The van der Waals surface area contributed by atoms with Crippen LogP contribution in [0.4, 0.5) is 0 Å². The number of benzene rings is 1. The van der Waals surface area contributed by atoms with E-state index in [1.54, 1.807) is 32.9 Å². The Kier molecular flexibility index (Phi) is 4.44. The molecule has 17 heavy (non-hydrogen) atoms. The lowest BCUT2D eigenvalue weighted by atomic mass is 10.1. The van der Waals surface area contributed by atoms with E-state index in [0.717, 1.165) is 0 Å². The Morgan fingerprint density at radius 3 is 2.41 bits per heavy atom. The number of carbonyl (C=O) groups is 1. The van der Waals surface area contributed by atoms with Crippen LogP contribution in [-0.4, -0.2) is 18.7 Å². The summed E-state index contributed by atoms with van der Waals surface area (Å²) in [6, 6.07) is 3.34. The summed E-state index contributed by atoms with van der Waals surface area (Å²) in [4.78, 5) is 12.0. The highest BCUT2D eigenvalue weighted by atomic mass is 79.9. The quantitative estimate of drug-likeness (QED) is 0.770. The zero-order valence-electron chi connectivity index (χ0n) is 10.1. The summed E-state index contributed by atoms with van der Waals surface area (Å²) in [5.74, 6) is -0.118. The Morgan fingerprint density at radius 2 is 1.94 bits per heavy atom. The van der Waals surface area contributed by atoms with E-state index in [9.17, 15) is 4.79 Å². The maximum Gasteiger partial charge on any atom is 0.344 e. The summed E-state index contributed by atoms with van der Waals surface area (Å²) >= 11 is 9.30. The van der Waals surface area contributed by atoms with E-state index in [2.05, 4.69) is 15.9 Å². The van der Waals surface area contributed by atoms with Crippen LogP contribution in [0, 0.1) is 0 Å². The van der Waals surface area contributed by atoms with Crippen LogP contribution in [0.3, 0.4) is 0 Å². The molecule has 0 aliphatic rings. The number of esters is 1. The Hall–Kier alpha value is -0.740. The maximum atomic E-state index is 12.0. The first-order valence-corrected chi connectivity index (χ1v) is 6.18. The average molecular weight is 322 g/mol. The van der Waals surface area contributed by atoms with Crippen LogP contribution in [0.5, 0.6) is 5.75 Å². The summed E-state index contributed by atoms with van der Waals surface area (Å²) in [5.41, 5.74) is -0.341. The number of methoxy groups -OCH3 is 1. The van der Waals surface area contributed by atoms with Gasteiger partial charge in [-0.1, -0.05) is 11.6 Å². The topological polar surface area (TPSA) is 35.5 Å². The fraction of sp³-hybridized carbons (Fsp3) is 0.417. The van der Waals surface area contributed by atoms with Crippen molar-refractivity contribution in [2.45, 2.75) is 26.4 Å². The lowest BCUT2D eigenvalue weighted by Crippen LogP contribution is -2.24. The molecule has 0 unspecified atom stereocenters. The highest BCUT2D eigenvalue weighted by Crippen LogP contribution is 2.35. The van der Waals surface area contributed by atoms with Crippen molar-refractivity contribution >= 4 is 33.5 Å². The first-order chi connectivity index (χ1) is 7.76. The Bertz CT molecular complexity index is 438. The van der Waals surface area contributed by atoms with Gasteiger partial charge in [0.15, 0.2) is 0 Å². The van der Waals surface area contributed by atoms with Gasteiger partial charge in [0.2, 0.25) is 0 Å². The van der Waals surface area contributed by atoms with Gasteiger partial charge in [-0.3, -0.25) is 0 Å². The van der Waals surface area contributed by atoms with Gasteiger partial charge in [-0.25, -0.2) is 4.79 Å². The second-order valence-electron chi connectivity index (χ2n) is 4.44. The van der Waals surface area contributed by atoms with Crippen molar-refractivity contribution in [2.24, 2.45) is 0 Å². The van der Waals surface area contributed by atoms with Crippen LogP contribution < -0.4 is 4.74 Å². The summed E-state index contributed by atoms with van der Waals surface area (Å²) in [6.45, 7) is 5.38. The molecule has 0 bridgehead atoms. The van der Waals surface area contributed by atoms with E-state index in [4.69, 9.17) is 21.1 Å². The van der Waals surface area contributed by atoms with Crippen LogP contribution in [-0.2, 0) is 4.74 Å². The fourth-order valence-corrected chi connectivity index (χ4v) is 1.97. The molecule has 0 spiro atoms. The molecule has 1 rings (SSSR count). The zero-order valence-corrected chi connectivity index (χ0v) is 12.5. The van der Waals surface area contributed by atoms with Crippen molar-refractivity contribution in [1.82, 2.24) is 0 Å². The molecule has 0 fully saturated rings. The molecule has 94 valence electrons. The Balaban J connectivity index is 3.21. The van der Waals surface area contributed by atoms with Crippen LogP contribution in [0.15, 0.2) is 16.6 Å². The molecule has 1 aromatic rings. The Morgan fingerprint density at radius 1 is 1.35 bits per heavy atom. The van der Waals surface area contributed by atoms with Crippen molar-refractivity contribution in [3.63, 3.8) is 0 Å². The third-order valence-electron chi connectivity index (χ3n) is 1.87. The molecule has 0 saturated carbocycles. The van der Waals surface area contributed by atoms with Gasteiger partial charge in [0.1, 0.15) is 16.9 Å². The molecular formula is C12H14BrClO3. The van der Waals surface area contributed by atoms with Crippen molar-refractivity contribution < 1.29 is 14.3 Å². The van der Waals surface area contributed by atoms with E-state index >= 15 is 0 Å². The van der Waals surface area contributed by atoms with Crippen molar-refractivity contribution in [1.29, 1.82) is 0 Å². The molecule has 3 nitrogen and oxygen atoms in total. The molecule has 1 aromatic carbocycles. The fourth-order valence-electron chi connectivity index (χ4n) is 1.25. The van der Waals surface area contributed by atoms with Crippen molar-refractivity contribution in [3.8, 4) is 5.75 Å². The smallest absolute Gasteiger partial charge is 0.344 e.